The molecule has 0 atom stereocenters. The summed E-state index contributed by atoms with van der Waals surface area (Å²) in [5.74, 6) is -0.0582. The predicted octanol–water partition coefficient (Wildman–Crippen LogP) is 4.91. The van der Waals surface area contributed by atoms with E-state index in [0.29, 0.717) is 10.8 Å². The van der Waals surface area contributed by atoms with Crippen LogP contribution in [0, 0.1) is 0 Å². The third-order valence-corrected chi connectivity index (χ3v) is 5.69. The summed E-state index contributed by atoms with van der Waals surface area (Å²) in [5.41, 5.74) is 0.444. The van der Waals surface area contributed by atoms with Crippen LogP contribution < -0.4 is 9.57 Å². The monoisotopic (exact) mass is 468 g/mol. The molecule has 0 saturated carbocycles. The van der Waals surface area contributed by atoms with Crippen LogP contribution >= 0.6 is 15.9 Å². The quantitative estimate of drug-likeness (QED) is 0.412. The van der Waals surface area contributed by atoms with Gasteiger partial charge in [0.2, 0.25) is 0 Å². The van der Waals surface area contributed by atoms with Crippen molar-refractivity contribution < 1.29 is 21.9 Å². The van der Waals surface area contributed by atoms with Crippen molar-refractivity contribution in [2.75, 3.05) is 0 Å². The van der Waals surface area contributed by atoms with Gasteiger partial charge in [-0.1, -0.05) is 46.3 Å². The minimum atomic E-state index is -3.91. The number of halogens is 3. The van der Waals surface area contributed by atoms with Gasteiger partial charge in [-0.2, -0.15) is 27.1 Å². The zero-order chi connectivity index (χ0) is 20.3. The molecule has 0 fully saturated rings. The van der Waals surface area contributed by atoms with Crippen LogP contribution in [-0.4, -0.2) is 20.7 Å². The zero-order valence-corrected chi connectivity index (χ0v) is 17.0. The molecule has 0 amide bonds. The van der Waals surface area contributed by atoms with Crippen molar-refractivity contribution in [1.82, 2.24) is 4.83 Å². The molecule has 146 valence electrons. The lowest BCUT2D eigenvalue weighted by molar-refractivity contribution is -0.0489. The van der Waals surface area contributed by atoms with Gasteiger partial charge in [-0.05, 0) is 42.6 Å². The lowest BCUT2D eigenvalue weighted by atomic mass is 10.0. The summed E-state index contributed by atoms with van der Waals surface area (Å²) >= 11 is 3.23. The van der Waals surface area contributed by atoms with E-state index in [2.05, 4.69) is 25.9 Å². The maximum atomic E-state index is 12.9. The van der Waals surface area contributed by atoms with Gasteiger partial charge in [0, 0.05) is 15.4 Å². The summed E-state index contributed by atoms with van der Waals surface area (Å²) in [7, 11) is -3.91. The molecule has 0 radical (unpaired) electrons. The molecule has 28 heavy (non-hydrogen) atoms. The molecule has 3 rings (SSSR count). The van der Waals surface area contributed by atoms with E-state index < -0.39 is 16.6 Å². The lowest BCUT2D eigenvalue weighted by Gasteiger charge is -2.14. The Morgan fingerprint density at radius 2 is 1.75 bits per heavy atom. The molecule has 0 aromatic heterocycles. The molecular formula is C19H15BrF2N2O3S. The average molecular weight is 469 g/mol. The Morgan fingerprint density at radius 3 is 2.43 bits per heavy atom. The second-order valence-corrected chi connectivity index (χ2v) is 8.36. The third-order valence-electron chi connectivity index (χ3n) is 3.93. The van der Waals surface area contributed by atoms with Gasteiger partial charge in [0.05, 0.1) is 10.6 Å². The van der Waals surface area contributed by atoms with Crippen molar-refractivity contribution in [1.29, 1.82) is 0 Å². The molecule has 0 aliphatic carbocycles. The number of alkyl halides is 2. The van der Waals surface area contributed by atoms with E-state index >= 15 is 0 Å². The fraction of sp³-hybridized carbons (Fsp3) is 0.105. The van der Waals surface area contributed by atoms with Gasteiger partial charge >= 0.3 is 6.61 Å². The number of benzene rings is 3. The Labute approximate surface area is 169 Å². The number of nitrogens with one attached hydrogen (secondary N) is 1. The molecule has 3 aromatic carbocycles. The van der Waals surface area contributed by atoms with E-state index in [1.165, 1.54) is 19.1 Å². The Kier molecular flexibility index (Phi) is 5.95. The van der Waals surface area contributed by atoms with Crippen LogP contribution in [0.15, 0.2) is 75.1 Å². The first-order chi connectivity index (χ1) is 13.3. The summed E-state index contributed by atoms with van der Waals surface area (Å²) in [5, 5.41) is 5.07. The highest BCUT2D eigenvalue weighted by atomic mass is 79.9. The summed E-state index contributed by atoms with van der Waals surface area (Å²) in [6, 6.07) is 16.2. The van der Waals surface area contributed by atoms with Crippen LogP contribution in [0.2, 0.25) is 0 Å². The van der Waals surface area contributed by atoms with Crippen molar-refractivity contribution in [2.24, 2.45) is 5.10 Å². The van der Waals surface area contributed by atoms with Crippen LogP contribution in [0.1, 0.15) is 12.5 Å². The van der Waals surface area contributed by atoms with Crippen LogP contribution in [0.25, 0.3) is 10.8 Å². The fourth-order valence-corrected chi connectivity index (χ4v) is 3.72. The Balaban J connectivity index is 1.98. The number of hydrogen-bond donors (Lipinski definition) is 1. The maximum Gasteiger partial charge on any atom is 0.387 e. The Bertz CT molecular complexity index is 1130. The van der Waals surface area contributed by atoms with Crippen LogP contribution in [0.5, 0.6) is 5.75 Å². The number of ether oxygens (including phenoxy) is 1. The van der Waals surface area contributed by atoms with Gasteiger partial charge in [-0.3, -0.25) is 0 Å². The summed E-state index contributed by atoms with van der Waals surface area (Å²) in [6.45, 7) is -1.52. The SMILES string of the molecule is CC(=NNS(=O)(=O)c1ccc(Br)cc1)c1ccc2ccccc2c1OC(F)F. The van der Waals surface area contributed by atoms with Crippen molar-refractivity contribution in [3.63, 3.8) is 0 Å². The number of sulfonamides is 1. The van der Waals surface area contributed by atoms with E-state index in [-0.39, 0.29) is 21.9 Å². The molecule has 0 aliphatic rings. The van der Waals surface area contributed by atoms with Gasteiger partial charge in [-0.15, -0.1) is 0 Å². The van der Waals surface area contributed by atoms with Crippen LogP contribution in [-0.2, 0) is 10.0 Å². The first-order valence-corrected chi connectivity index (χ1v) is 10.3. The third kappa shape index (κ3) is 4.48. The Morgan fingerprint density at radius 1 is 1.07 bits per heavy atom. The molecule has 0 unspecified atom stereocenters. The minimum Gasteiger partial charge on any atom is -0.433 e. The molecule has 1 N–H and O–H groups in total. The largest absolute Gasteiger partial charge is 0.433 e. The van der Waals surface area contributed by atoms with Gasteiger partial charge in [-0.25, -0.2) is 0 Å². The highest BCUT2D eigenvalue weighted by molar-refractivity contribution is 9.10. The normalized spacial score (nSPS) is 12.4. The predicted molar refractivity (Wildman–Crippen MR) is 107 cm³/mol. The standard InChI is InChI=1S/C19H15BrF2N2O3S/c1-12(23-24-28(25,26)15-9-7-14(20)8-10-15)16-11-6-13-4-2-3-5-17(13)18(16)27-19(21)22/h2-11,19,24H,1H3. The lowest BCUT2D eigenvalue weighted by Crippen LogP contribution is -2.20. The number of fused-ring (bicyclic) bond motifs is 1. The zero-order valence-electron chi connectivity index (χ0n) is 14.6. The minimum absolute atomic E-state index is 0.0230. The van der Waals surface area contributed by atoms with Crippen molar-refractivity contribution in [3.05, 3.63) is 70.7 Å². The molecule has 9 heteroatoms. The van der Waals surface area contributed by atoms with Crippen molar-refractivity contribution in [2.45, 2.75) is 18.4 Å². The second-order valence-electron chi connectivity index (χ2n) is 5.79. The second kappa shape index (κ2) is 8.24. The number of rotatable bonds is 6. The first-order valence-electron chi connectivity index (χ1n) is 8.06. The van der Waals surface area contributed by atoms with Crippen molar-refractivity contribution in [3.8, 4) is 5.75 Å². The molecule has 0 heterocycles. The van der Waals surface area contributed by atoms with Crippen LogP contribution in [0.4, 0.5) is 8.78 Å². The molecule has 0 saturated heterocycles. The number of hydrazone groups is 1. The molecule has 5 nitrogen and oxygen atoms in total. The molecule has 0 aliphatic heterocycles. The molecular weight excluding hydrogens is 454 g/mol. The van der Waals surface area contributed by atoms with Gasteiger partial charge in [0.1, 0.15) is 5.75 Å². The van der Waals surface area contributed by atoms with Crippen molar-refractivity contribution >= 4 is 42.4 Å². The molecule has 0 bridgehead atoms. The Hall–Kier alpha value is -2.52. The van der Waals surface area contributed by atoms with Gasteiger partial charge < -0.3 is 4.74 Å². The average Bonchev–Trinajstić information content (AvgIpc) is 2.66. The smallest absolute Gasteiger partial charge is 0.387 e. The van der Waals surface area contributed by atoms with E-state index in [1.54, 1.807) is 48.5 Å². The highest BCUT2D eigenvalue weighted by Crippen LogP contribution is 2.31. The summed E-state index contributed by atoms with van der Waals surface area (Å²) in [4.78, 5) is 2.15. The first kappa shape index (κ1) is 20.2. The van der Waals surface area contributed by atoms with E-state index in [0.717, 1.165) is 4.47 Å². The maximum absolute atomic E-state index is 12.9. The fourth-order valence-electron chi connectivity index (χ4n) is 2.60. The molecule has 0 spiro atoms. The summed E-state index contributed by atoms with van der Waals surface area (Å²) < 4.78 is 56.1. The molecule has 3 aromatic rings. The van der Waals surface area contributed by atoms with Crippen LogP contribution in [0.3, 0.4) is 0 Å². The summed E-state index contributed by atoms with van der Waals surface area (Å²) in [6.07, 6.45) is 0. The number of hydrogen-bond acceptors (Lipinski definition) is 4. The highest BCUT2D eigenvalue weighted by Gasteiger charge is 2.17. The topological polar surface area (TPSA) is 67.8 Å². The van der Waals surface area contributed by atoms with E-state index in [4.69, 9.17) is 4.74 Å². The van der Waals surface area contributed by atoms with Gasteiger partial charge in [0.25, 0.3) is 10.0 Å². The number of nitrogens with zero attached hydrogens (tertiary/aromatic N) is 1. The van der Waals surface area contributed by atoms with E-state index in [9.17, 15) is 17.2 Å². The van der Waals surface area contributed by atoms with Gasteiger partial charge in [0.15, 0.2) is 0 Å². The van der Waals surface area contributed by atoms with E-state index in [1.807, 2.05) is 0 Å².